The van der Waals surface area contributed by atoms with E-state index in [4.69, 9.17) is 0 Å². The van der Waals surface area contributed by atoms with Gasteiger partial charge in [-0.2, -0.15) is 0 Å². The van der Waals surface area contributed by atoms with E-state index in [2.05, 4.69) is 20.8 Å². The van der Waals surface area contributed by atoms with Crippen molar-refractivity contribution in [3.05, 3.63) is 34.9 Å². The van der Waals surface area contributed by atoms with Crippen molar-refractivity contribution >= 4 is 0 Å². The zero-order valence-electron chi connectivity index (χ0n) is 10.9. The number of allylic oxidation sites excluding steroid dienone is 6. The fourth-order valence-corrected chi connectivity index (χ4v) is 1.48. The van der Waals surface area contributed by atoms with Gasteiger partial charge in [-0.3, -0.25) is 0 Å². The molecule has 0 saturated heterocycles. The predicted octanol–water partition coefficient (Wildman–Crippen LogP) is -1.79. The summed E-state index contributed by atoms with van der Waals surface area (Å²) in [6.45, 7) is 10.3. The van der Waals surface area contributed by atoms with Crippen LogP contribution in [0, 0.1) is 5.41 Å². The molecule has 0 radical (unpaired) electrons. The summed E-state index contributed by atoms with van der Waals surface area (Å²) in [5.74, 6) is 0. The molecule has 0 spiro atoms. The van der Waals surface area contributed by atoms with Gasteiger partial charge in [-0.1, -0.05) is 38.5 Å². The molecule has 0 bridgehead atoms. The molecule has 0 heterocycles. The van der Waals surface area contributed by atoms with E-state index in [0.29, 0.717) is 0 Å². The topological polar surface area (TPSA) is 0 Å². The standard InChI is InChI=1S/C13H19F.2ClH.Zr/c1-9(2)6-10-7-11(8-12(10)14)13(3,4)5;;;/h6-8,12H,1-5H3;2*1H;/q;;;+2/p-2. The van der Waals surface area contributed by atoms with Crippen LogP contribution in [0.3, 0.4) is 0 Å². The summed E-state index contributed by atoms with van der Waals surface area (Å²) in [6, 6.07) is 0. The van der Waals surface area contributed by atoms with Crippen LogP contribution in [0.5, 0.6) is 0 Å². The molecule has 0 saturated carbocycles. The molecule has 0 aromatic rings. The van der Waals surface area contributed by atoms with E-state index in [0.717, 1.165) is 16.7 Å². The molecule has 0 aromatic heterocycles. The molecule has 1 aliphatic carbocycles. The van der Waals surface area contributed by atoms with Gasteiger partial charge in [0, 0.05) is 0 Å². The molecule has 1 unspecified atom stereocenters. The first-order valence-corrected chi connectivity index (χ1v) is 5.03. The monoisotopic (exact) mass is 354 g/mol. The largest absolute Gasteiger partial charge is 2.00 e. The van der Waals surface area contributed by atoms with E-state index in [1.54, 1.807) is 6.08 Å². The maximum atomic E-state index is 13.5. The average Bonchev–Trinajstić information content (AvgIpc) is 2.30. The Morgan fingerprint density at radius 3 is 2.00 bits per heavy atom. The van der Waals surface area contributed by atoms with Gasteiger partial charge in [0.25, 0.3) is 0 Å². The van der Waals surface area contributed by atoms with Gasteiger partial charge in [0.05, 0.1) is 0 Å². The third kappa shape index (κ3) is 6.94. The first-order chi connectivity index (χ1) is 6.30. The van der Waals surface area contributed by atoms with Crippen LogP contribution in [-0.2, 0) is 26.2 Å². The van der Waals surface area contributed by atoms with Gasteiger partial charge in [0.2, 0.25) is 0 Å². The normalized spacial score (nSPS) is 17.9. The van der Waals surface area contributed by atoms with Gasteiger partial charge in [-0.05, 0) is 36.5 Å². The van der Waals surface area contributed by atoms with Crippen LogP contribution in [-0.4, -0.2) is 6.17 Å². The van der Waals surface area contributed by atoms with E-state index >= 15 is 0 Å². The predicted molar refractivity (Wildman–Crippen MR) is 59.9 cm³/mol. The Labute approximate surface area is 136 Å². The summed E-state index contributed by atoms with van der Waals surface area (Å²) in [6.07, 6.45) is 4.69. The zero-order valence-corrected chi connectivity index (χ0v) is 14.9. The summed E-state index contributed by atoms with van der Waals surface area (Å²) >= 11 is 0. The molecule has 0 fully saturated rings. The molecule has 4 heteroatoms. The fraction of sp³-hybridized carbons (Fsp3) is 0.538. The summed E-state index contributed by atoms with van der Waals surface area (Å²) in [5.41, 5.74) is 3.07. The van der Waals surface area contributed by atoms with Crippen LogP contribution in [0.1, 0.15) is 34.6 Å². The van der Waals surface area contributed by atoms with Crippen LogP contribution in [0.15, 0.2) is 34.9 Å². The van der Waals surface area contributed by atoms with Crippen molar-refractivity contribution < 1.29 is 55.4 Å². The molecular formula is C13H19Cl2FZr. The summed E-state index contributed by atoms with van der Waals surface area (Å²) in [5, 5.41) is 0. The van der Waals surface area contributed by atoms with Crippen LogP contribution < -0.4 is 24.8 Å². The number of halogens is 3. The fourth-order valence-electron chi connectivity index (χ4n) is 1.48. The van der Waals surface area contributed by atoms with Crippen molar-refractivity contribution in [2.45, 2.75) is 40.8 Å². The molecule has 0 nitrogen and oxygen atoms in total. The SMILES string of the molecule is CC(C)=CC1=CC(C(C)(C)C)=CC1F.[Cl-].[Cl-].[Zr+2]. The molecule has 0 aromatic carbocycles. The Kier molecular flexibility index (Phi) is 11.6. The van der Waals surface area contributed by atoms with Crippen molar-refractivity contribution in [1.82, 2.24) is 0 Å². The first-order valence-electron chi connectivity index (χ1n) is 5.03. The molecule has 1 aliphatic rings. The van der Waals surface area contributed by atoms with E-state index in [1.165, 1.54) is 0 Å². The van der Waals surface area contributed by atoms with E-state index in [1.807, 2.05) is 26.0 Å². The Bertz CT molecular complexity index is 321. The van der Waals surface area contributed by atoms with E-state index in [9.17, 15) is 4.39 Å². The second-order valence-electron chi connectivity index (χ2n) is 5.14. The maximum Gasteiger partial charge on any atom is 2.00 e. The Hall–Kier alpha value is 0.613. The van der Waals surface area contributed by atoms with Gasteiger partial charge in [-0.25, -0.2) is 4.39 Å². The second kappa shape index (κ2) is 8.67. The Morgan fingerprint density at radius 2 is 1.71 bits per heavy atom. The summed E-state index contributed by atoms with van der Waals surface area (Å²) in [4.78, 5) is 0. The third-order valence-electron chi connectivity index (χ3n) is 2.29. The molecule has 0 aliphatic heterocycles. The van der Waals surface area contributed by atoms with Gasteiger partial charge in [0.15, 0.2) is 0 Å². The minimum Gasteiger partial charge on any atom is -1.00 e. The molecular weight excluding hydrogens is 337 g/mol. The molecule has 96 valence electrons. The van der Waals surface area contributed by atoms with E-state index < -0.39 is 6.17 Å². The number of alkyl halides is 1. The molecule has 1 rings (SSSR count). The van der Waals surface area contributed by atoms with Crippen molar-refractivity contribution in [2.75, 3.05) is 0 Å². The average molecular weight is 356 g/mol. The van der Waals surface area contributed by atoms with Gasteiger partial charge >= 0.3 is 26.2 Å². The minimum atomic E-state index is -0.917. The van der Waals surface area contributed by atoms with Crippen molar-refractivity contribution in [3.8, 4) is 0 Å². The van der Waals surface area contributed by atoms with Gasteiger partial charge in [0.1, 0.15) is 6.17 Å². The van der Waals surface area contributed by atoms with Crippen LogP contribution in [0.25, 0.3) is 0 Å². The van der Waals surface area contributed by atoms with Crippen LogP contribution in [0.4, 0.5) is 4.39 Å². The number of rotatable bonds is 1. The summed E-state index contributed by atoms with van der Waals surface area (Å²) < 4.78 is 13.5. The van der Waals surface area contributed by atoms with Crippen molar-refractivity contribution in [2.24, 2.45) is 5.41 Å². The first kappa shape index (κ1) is 22.8. The molecule has 1 atom stereocenters. The quantitative estimate of drug-likeness (QED) is 0.521. The molecule has 17 heavy (non-hydrogen) atoms. The second-order valence-corrected chi connectivity index (χ2v) is 5.14. The Morgan fingerprint density at radius 1 is 1.24 bits per heavy atom. The summed E-state index contributed by atoms with van der Waals surface area (Å²) in [7, 11) is 0. The Balaban J connectivity index is -0.000000653. The molecule has 0 amide bonds. The minimum absolute atomic E-state index is 0. The van der Waals surface area contributed by atoms with Crippen LogP contribution in [0.2, 0.25) is 0 Å². The number of hydrogen-bond acceptors (Lipinski definition) is 0. The van der Waals surface area contributed by atoms with Gasteiger partial charge < -0.3 is 24.8 Å². The molecule has 0 N–H and O–H groups in total. The van der Waals surface area contributed by atoms with Gasteiger partial charge in [-0.15, -0.1) is 0 Å². The maximum absolute atomic E-state index is 13.5. The number of hydrogen-bond donors (Lipinski definition) is 0. The van der Waals surface area contributed by atoms with Crippen molar-refractivity contribution in [1.29, 1.82) is 0 Å². The zero-order chi connectivity index (χ0) is 10.9. The van der Waals surface area contributed by atoms with Crippen LogP contribution >= 0.6 is 0 Å². The van der Waals surface area contributed by atoms with E-state index in [-0.39, 0.29) is 56.4 Å². The third-order valence-corrected chi connectivity index (χ3v) is 2.29. The smallest absolute Gasteiger partial charge is 1.00 e. The van der Waals surface area contributed by atoms with Crippen molar-refractivity contribution in [3.63, 3.8) is 0 Å².